The lowest BCUT2D eigenvalue weighted by Gasteiger charge is -2.14. The Morgan fingerprint density at radius 2 is 2.00 bits per heavy atom. The molecule has 1 aromatic heterocycles. The van der Waals surface area contributed by atoms with Crippen LogP contribution < -0.4 is 5.73 Å². The number of halogens is 2. The van der Waals surface area contributed by atoms with Crippen molar-refractivity contribution in [1.82, 2.24) is 9.78 Å². The molecule has 0 saturated heterocycles. The molecule has 0 saturated carbocycles. The Balaban J connectivity index is 2.48. The van der Waals surface area contributed by atoms with E-state index in [-0.39, 0.29) is 23.6 Å². The molecule has 0 radical (unpaired) electrons. The fourth-order valence-electron chi connectivity index (χ4n) is 2.38. The lowest BCUT2D eigenvalue weighted by Crippen LogP contribution is -2.15. The molecule has 2 N–H and O–H groups in total. The summed E-state index contributed by atoms with van der Waals surface area (Å²) in [5, 5.41) is 3.57. The van der Waals surface area contributed by atoms with E-state index >= 15 is 0 Å². The molecule has 0 unspecified atom stereocenters. The SMILES string of the molecule is CC(C)c1ccccc1Cc1c(C(N)=O)cnn1C(F)F. The number of alkyl halides is 2. The highest BCUT2D eigenvalue weighted by Crippen LogP contribution is 2.25. The van der Waals surface area contributed by atoms with Crippen molar-refractivity contribution < 1.29 is 13.6 Å². The minimum Gasteiger partial charge on any atom is -0.365 e. The van der Waals surface area contributed by atoms with Crippen molar-refractivity contribution in [1.29, 1.82) is 0 Å². The first kappa shape index (κ1) is 15.2. The molecule has 0 bridgehead atoms. The molecule has 112 valence electrons. The van der Waals surface area contributed by atoms with Crippen LogP contribution in [0, 0.1) is 0 Å². The number of rotatable bonds is 5. The smallest absolute Gasteiger partial charge is 0.333 e. The summed E-state index contributed by atoms with van der Waals surface area (Å²) >= 11 is 0. The number of carbonyl (C=O) groups excluding carboxylic acids is 1. The van der Waals surface area contributed by atoms with Crippen molar-refractivity contribution in [3.05, 3.63) is 52.8 Å². The number of hydrogen-bond acceptors (Lipinski definition) is 2. The highest BCUT2D eigenvalue weighted by atomic mass is 19.3. The number of amides is 1. The molecule has 0 atom stereocenters. The van der Waals surface area contributed by atoms with E-state index in [2.05, 4.69) is 5.10 Å². The summed E-state index contributed by atoms with van der Waals surface area (Å²) < 4.78 is 26.6. The molecule has 0 spiro atoms. The van der Waals surface area contributed by atoms with E-state index in [1.807, 2.05) is 38.1 Å². The van der Waals surface area contributed by atoms with E-state index < -0.39 is 12.5 Å². The van der Waals surface area contributed by atoms with Gasteiger partial charge in [0.2, 0.25) is 0 Å². The zero-order chi connectivity index (χ0) is 15.6. The average Bonchev–Trinajstić information content (AvgIpc) is 2.83. The van der Waals surface area contributed by atoms with Crippen LogP contribution in [0.2, 0.25) is 0 Å². The maximum absolute atomic E-state index is 13.0. The van der Waals surface area contributed by atoms with Crippen molar-refractivity contribution in [2.75, 3.05) is 0 Å². The summed E-state index contributed by atoms with van der Waals surface area (Å²) in [4.78, 5) is 11.4. The monoisotopic (exact) mass is 293 g/mol. The summed E-state index contributed by atoms with van der Waals surface area (Å²) in [6.07, 6.45) is 1.29. The molecule has 1 heterocycles. The van der Waals surface area contributed by atoms with Crippen LogP contribution in [-0.2, 0) is 6.42 Å². The average molecular weight is 293 g/mol. The fourth-order valence-corrected chi connectivity index (χ4v) is 2.38. The molecule has 4 nitrogen and oxygen atoms in total. The van der Waals surface area contributed by atoms with Crippen LogP contribution in [0.4, 0.5) is 8.78 Å². The summed E-state index contributed by atoms with van der Waals surface area (Å²) in [6.45, 7) is 1.25. The number of primary amides is 1. The molecular formula is C15H17F2N3O. The Hall–Kier alpha value is -2.24. The van der Waals surface area contributed by atoms with Crippen LogP contribution in [-0.4, -0.2) is 15.7 Å². The van der Waals surface area contributed by atoms with Gasteiger partial charge < -0.3 is 5.73 Å². The van der Waals surface area contributed by atoms with Gasteiger partial charge in [-0.25, -0.2) is 4.68 Å². The van der Waals surface area contributed by atoms with Crippen molar-refractivity contribution in [2.45, 2.75) is 32.7 Å². The highest BCUT2D eigenvalue weighted by Gasteiger charge is 2.21. The third-order valence-electron chi connectivity index (χ3n) is 3.38. The van der Waals surface area contributed by atoms with Gasteiger partial charge >= 0.3 is 6.55 Å². The van der Waals surface area contributed by atoms with Gasteiger partial charge in [-0.15, -0.1) is 0 Å². The van der Waals surface area contributed by atoms with Gasteiger partial charge in [0, 0.05) is 6.42 Å². The molecule has 0 fully saturated rings. The van der Waals surface area contributed by atoms with E-state index in [0.29, 0.717) is 4.68 Å². The van der Waals surface area contributed by atoms with Gasteiger partial charge in [0.05, 0.1) is 17.5 Å². The molecule has 6 heteroatoms. The zero-order valence-electron chi connectivity index (χ0n) is 11.9. The quantitative estimate of drug-likeness (QED) is 0.920. The normalized spacial score (nSPS) is 11.3. The van der Waals surface area contributed by atoms with Crippen molar-refractivity contribution >= 4 is 5.91 Å². The van der Waals surface area contributed by atoms with Crippen LogP contribution in [0.25, 0.3) is 0 Å². The van der Waals surface area contributed by atoms with Crippen LogP contribution in [0.15, 0.2) is 30.5 Å². The van der Waals surface area contributed by atoms with Gasteiger partial charge in [0.1, 0.15) is 0 Å². The number of benzene rings is 1. The Kier molecular flexibility index (Phi) is 4.35. The van der Waals surface area contributed by atoms with E-state index in [4.69, 9.17) is 5.73 Å². The fraction of sp³-hybridized carbons (Fsp3) is 0.333. The van der Waals surface area contributed by atoms with Crippen molar-refractivity contribution in [3.63, 3.8) is 0 Å². The van der Waals surface area contributed by atoms with E-state index in [1.54, 1.807) is 0 Å². The topological polar surface area (TPSA) is 60.9 Å². The van der Waals surface area contributed by atoms with Gasteiger partial charge in [-0.2, -0.15) is 13.9 Å². The molecule has 21 heavy (non-hydrogen) atoms. The summed E-state index contributed by atoms with van der Waals surface area (Å²) in [5.74, 6) is -0.500. The van der Waals surface area contributed by atoms with E-state index in [1.165, 1.54) is 0 Å². The van der Waals surface area contributed by atoms with Crippen LogP contribution >= 0.6 is 0 Å². The van der Waals surface area contributed by atoms with Crippen molar-refractivity contribution in [2.24, 2.45) is 5.73 Å². The predicted molar refractivity (Wildman–Crippen MR) is 75.3 cm³/mol. The summed E-state index contributed by atoms with van der Waals surface area (Å²) in [7, 11) is 0. The molecule has 1 amide bonds. The summed E-state index contributed by atoms with van der Waals surface area (Å²) in [6, 6.07) is 7.56. The Morgan fingerprint density at radius 1 is 1.33 bits per heavy atom. The number of nitrogens with two attached hydrogens (primary N) is 1. The third kappa shape index (κ3) is 3.09. The van der Waals surface area contributed by atoms with Crippen LogP contribution in [0.1, 0.15) is 53.5 Å². The number of aromatic nitrogens is 2. The van der Waals surface area contributed by atoms with Gasteiger partial charge in [0.15, 0.2) is 0 Å². The number of carbonyl (C=O) groups is 1. The van der Waals surface area contributed by atoms with Gasteiger partial charge in [-0.05, 0) is 17.0 Å². The predicted octanol–water partition coefficient (Wildman–Crippen LogP) is 3.09. The maximum atomic E-state index is 13.0. The first-order valence-corrected chi connectivity index (χ1v) is 6.64. The van der Waals surface area contributed by atoms with Gasteiger partial charge in [-0.1, -0.05) is 38.1 Å². The maximum Gasteiger partial charge on any atom is 0.333 e. The second-order valence-electron chi connectivity index (χ2n) is 5.12. The molecular weight excluding hydrogens is 276 g/mol. The van der Waals surface area contributed by atoms with E-state index in [0.717, 1.165) is 17.3 Å². The van der Waals surface area contributed by atoms with Crippen LogP contribution in [0.5, 0.6) is 0 Å². The molecule has 2 aromatic rings. The van der Waals surface area contributed by atoms with Gasteiger partial charge in [-0.3, -0.25) is 4.79 Å². The van der Waals surface area contributed by atoms with Crippen molar-refractivity contribution in [3.8, 4) is 0 Å². The standard InChI is InChI=1S/C15H17F2N3O/c1-9(2)11-6-4-3-5-10(11)7-13-12(14(18)21)8-19-20(13)15(16)17/h3-6,8-9,15H,7H2,1-2H3,(H2,18,21). The molecule has 0 aliphatic carbocycles. The second kappa shape index (κ2) is 6.03. The molecule has 1 aromatic carbocycles. The Morgan fingerprint density at radius 3 is 2.57 bits per heavy atom. The minimum atomic E-state index is -2.81. The molecule has 0 aliphatic heterocycles. The summed E-state index contributed by atoms with van der Waals surface area (Å²) in [5.41, 5.74) is 7.36. The largest absolute Gasteiger partial charge is 0.365 e. The van der Waals surface area contributed by atoms with E-state index in [9.17, 15) is 13.6 Å². The molecule has 0 aliphatic rings. The number of nitrogens with zero attached hydrogens (tertiary/aromatic N) is 2. The second-order valence-corrected chi connectivity index (χ2v) is 5.12. The lowest BCUT2D eigenvalue weighted by atomic mass is 9.94. The minimum absolute atomic E-state index is 0.0360. The lowest BCUT2D eigenvalue weighted by molar-refractivity contribution is 0.0537. The molecule has 2 rings (SSSR count). The van der Waals surface area contributed by atoms with Gasteiger partial charge in [0.25, 0.3) is 5.91 Å². The Bertz CT molecular complexity index is 650. The highest BCUT2D eigenvalue weighted by molar-refractivity contribution is 5.93. The Labute approximate surface area is 121 Å². The zero-order valence-corrected chi connectivity index (χ0v) is 11.9. The first-order chi connectivity index (χ1) is 9.91. The first-order valence-electron chi connectivity index (χ1n) is 6.64. The van der Waals surface area contributed by atoms with Crippen LogP contribution in [0.3, 0.4) is 0 Å². The third-order valence-corrected chi connectivity index (χ3v) is 3.38. The number of hydrogen-bond donors (Lipinski definition) is 1.